The first-order valence-corrected chi connectivity index (χ1v) is 8.60. The van der Waals surface area contributed by atoms with Gasteiger partial charge in [-0.3, -0.25) is 0 Å². The number of fused-ring (bicyclic) bond motifs is 1. The Labute approximate surface area is 148 Å². The van der Waals surface area contributed by atoms with Gasteiger partial charge in [0.1, 0.15) is 12.4 Å². The monoisotopic (exact) mass is 324 g/mol. The molecule has 0 bridgehead atoms. The maximum atomic E-state index is 5.85. The third-order valence-electron chi connectivity index (χ3n) is 4.36. The summed E-state index contributed by atoms with van der Waals surface area (Å²) >= 11 is 0. The van der Waals surface area contributed by atoms with Crippen molar-refractivity contribution in [2.75, 3.05) is 0 Å². The fourth-order valence-corrected chi connectivity index (χ4v) is 3.10. The first kappa shape index (κ1) is 15.5. The van der Waals surface area contributed by atoms with Gasteiger partial charge in [-0.05, 0) is 46.0 Å². The molecular weight excluding hydrogens is 304 g/mol. The molecule has 0 saturated carbocycles. The molecule has 0 aliphatic rings. The highest BCUT2D eigenvalue weighted by Gasteiger charge is 2.01. The lowest BCUT2D eigenvalue weighted by atomic mass is 10.00. The molecule has 4 rings (SSSR count). The van der Waals surface area contributed by atoms with E-state index in [2.05, 4.69) is 66.7 Å². The van der Waals surface area contributed by atoms with Crippen molar-refractivity contribution in [1.82, 2.24) is 0 Å². The molecule has 0 fully saturated rings. The summed E-state index contributed by atoms with van der Waals surface area (Å²) in [6.07, 6.45) is 0.935. The van der Waals surface area contributed by atoms with Crippen LogP contribution in [0, 0.1) is 0 Å². The zero-order valence-electron chi connectivity index (χ0n) is 14.1. The molecule has 0 saturated heterocycles. The molecule has 4 aromatic rings. The van der Waals surface area contributed by atoms with Crippen molar-refractivity contribution in [3.05, 3.63) is 114 Å². The Kier molecular flexibility index (Phi) is 4.47. The van der Waals surface area contributed by atoms with Crippen LogP contribution in [0.15, 0.2) is 97.1 Å². The van der Waals surface area contributed by atoms with E-state index in [9.17, 15) is 0 Å². The van der Waals surface area contributed by atoms with Gasteiger partial charge >= 0.3 is 0 Å². The number of rotatable bonds is 5. The topological polar surface area (TPSA) is 9.23 Å². The lowest BCUT2D eigenvalue weighted by molar-refractivity contribution is 0.306. The molecule has 0 aliphatic heterocycles. The van der Waals surface area contributed by atoms with Crippen molar-refractivity contribution in [2.45, 2.75) is 13.0 Å². The van der Waals surface area contributed by atoms with Crippen molar-refractivity contribution in [3.8, 4) is 5.75 Å². The van der Waals surface area contributed by atoms with Crippen LogP contribution in [0.5, 0.6) is 5.75 Å². The molecule has 4 aromatic carbocycles. The molecular formula is C24H20O. The van der Waals surface area contributed by atoms with E-state index in [1.165, 1.54) is 27.5 Å². The highest BCUT2D eigenvalue weighted by molar-refractivity contribution is 5.83. The van der Waals surface area contributed by atoms with Gasteiger partial charge in [-0.25, -0.2) is 0 Å². The second-order valence-electron chi connectivity index (χ2n) is 6.28. The van der Waals surface area contributed by atoms with Gasteiger partial charge in [0, 0.05) is 0 Å². The van der Waals surface area contributed by atoms with Crippen LogP contribution in [0.4, 0.5) is 0 Å². The van der Waals surface area contributed by atoms with Gasteiger partial charge in [-0.2, -0.15) is 0 Å². The highest BCUT2D eigenvalue weighted by Crippen LogP contribution is 2.19. The number of ether oxygens (including phenoxy) is 1. The minimum Gasteiger partial charge on any atom is -0.489 e. The third kappa shape index (κ3) is 3.89. The molecule has 0 aromatic heterocycles. The SMILES string of the molecule is c1ccc(OCc2cccc(Cc3ccc4ccccc4c3)c2)cc1. The summed E-state index contributed by atoms with van der Waals surface area (Å²) in [5.74, 6) is 0.905. The van der Waals surface area contributed by atoms with E-state index < -0.39 is 0 Å². The minimum absolute atomic E-state index is 0.593. The number of hydrogen-bond acceptors (Lipinski definition) is 1. The summed E-state index contributed by atoms with van der Waals surface area (Å²) in [6, 6.07) is 33.8. The van der Waals surface area contributed by atoms with E-state index in [1.54, 1.807) is 0 Å². The molecule has 0 aliphatic carbocycles. The van der Waals surface area contributed by atoms with Crippen LogP contribution in [0.25, 0.3) is 10.8 Å². The summed E-state index contributed by atoms with van der Waals surface area (Å²) in [5.41, 5.74) is 3.84. The number of hydrogen-bond donors (Lipinski definition) is 0. The summed E-state index contributed by atoms with van der Waals surface area (Å²) in [5, 5.41) is 2.58. The fraction of sp³-hybridized carbons (Fsp3) is 0.0833. The second kappa shape index (κ2) is 7.23. The lowest BCUT2D eigenvalue weighted by Crippen LogP contribution is -1.97. The van der Waals surface area contributed by atoms with Gasteiger partial charge in [-0.1, -0.05) is 84.9 Å². The van der Waals surface area contributed by atoms with Gasteiger partial charge in [0.25, 0.3) is 0 Å². The van der Waals surface area contributed by atoms with E-state index in [-0.39, 0.29) is 0 Å². The zero-order chi connectivity index (χ0) is 16.9. The van der Waals surface area contributed by atoms with Crippen molar-refractivity contribution < 1.29 is 4.74 Å². The predicted molar refractivity (Wildman–Crippen MR) is 104 cm³/mol. The third-order valence-corrected chi connectivity index (χ3v) is 4.36. The molecule has 0 atom stereocenters. The zero-order valence-corrected chi connectivity index (χ0v) is 14.1. The molecule has 0 heterocycles. The Morgan fingerprint density at radius 1 is 0.520 bits per heavy atom. The first-order chi connectivity index (χ1) is 12.4. The van der Waals surface area contributed by atoms with Crippen molar-refractivity contribution in [1.29, 1.82) is 0 Å². The highest BCUT2D eigenvalue weighted by atomic mass is 16.5. The molecule has 0 unspecified atom stereocenters. The molecule has 0 radical (unpaired) electrons. The van der Waals surface area contributed by atoms with E-state index in [4.69, 9.17) is 4.74 Å². The maximum Gasteiger partial charge on any atom is 0.119 e. The van der Waals surface area contributed by atoms with E-state index in [0.29, 0.717) is 6.61 Å². The van der Waals surface area contributed by atoms with Crippen LogP contribution < -0.4 is 4.74 Å². The predicted octanol–water partition coefficient (Wildman–Crippen LogP) is 6.01. The van der Waals surface area contributed by atoms with Gasteiger partial charge in [0.2, 0.25) is 0 Å². The Morgan fingerprint density at radius 3 is 2.12 bits per heavy atom. The summed E-state index contributed by atoms with van der Waals surface area (Å²) in [7, 11) is 0. The summed E-state index contributed by atoms with van der Waals surface area (Å²) < 4.78 is 5.85. The molecule has 122 valence electrons. The maximum absolute atomic E-state index is 5.85. The number of para-hydroxylation sites is 1. The molecule has 0 amide bonds. The van der Waals surface area contributed by atoms with E-state index in [1.807, 2.05) is 30.3 Å². The molecule has 0 spiro atoms. The average Bonchev–Trinajstić information content (AvgIpc) is 2.67. The molecule has 25 heavy (non-hydrogen) atoms. The Balaban J connectivity index is 1.48. The standard InChI is InChI=1S/C24H20O/c1-2-11-24(12-3-1)25-18-21-8-6-7-19(16-21)15-20-13-14-22-9-4-5-10-23(22)17-20/h1-14,16-17H,15,18H2. The Morgan fingerprint density at radius 2 is 1.24 bits per heavy atom. The lowest BCUT2D eigenvalue weighted by Gasteiger charge is -2.09. The van der Waals surface area contributed by atoms with Crippen LogP contribution in [-0.4, -0.2) is 0 Å². The molecule has 1 heteroatoms. The molecule has 0 N–H and O–H groups in total. The largest absolute Gasteiger partial charge is 0.489 e. The van der Waals surface area contributed by atoms with E-state index >= 15 is 0 Å². The van der Waals surface area contributed by atoms with E-state index in [0.717, 1.165) is 12.2 Å². The van der Waals surface area contributed by atoms with Gasteiger partial charge in [0.05, 0.1) is 0 Å². The normalized spacial score (nSPS) is 10.7. The van der Waals surface area contributed by atoms with Crippen LogP contribution in [0.1, 0.15) is 16.7 Å². The Hall–Kier alpha value is -3.06. The average molecular weight is 324 g/mol. The van der Waals surface area contributed by atoms with Crippen LogP contribution in [0.2, 0.25) is 0 Å². The van der Waals surface area contributed by atoms with Gasteiger partial charge in [-0.15, -0.1) is 0 Å². The Bertz CT molecular complexity index is 973. The van der Waals surface area contributed by atoms with Gasteiger partial charge < -0.3 is 4.74 Å². The molecule has 1 nitrogen and oxygen atoms in total. The van der Waals surface area contributed by atoms with Crippen LogP contribution >= 0.6 is 0 Å². The van der Waals surface area contributed by atoms with Gasteiger partial charge in [0.15, 0.2) is 0 Å². The van der Waals surface area contributed by atoms with Crippen molar-refractivity contribution in [2.24, 2.45) is 0 Å². The fourth-order valence-electron chi connectivity index (χ4n) is 3.10. The summed E-state index contributed by atoms with van der Waals surface area (Å²) in [4.78, 5) is 0. The minimum atomic E-state index is 0.593. The second-order valence-corrected chi connectivity index (χ2v) is 6.28. The quantitative estimate of drug-likeness (QED) is 0.437. The first-order valence-electron chi connectivity index (χ1n) is 8.60. The summed E-state index contributed by atoms with van der Waals surface area (Å²) in [6.45, 7) is 0.593. The smallest absolute Gasteiger partial charge is 0.119 e. The van der Waals surface area contributed by atoms with Crippen LogP contribution in [-0.2, 0) is 13.0 Å². The van der Waals surface area contributed by atoms with Crippen LogP contribution in [0.3, 0.4) is 0 Å². The van der Waals surface area contributed by atoms with Crippen molar-refractivity contribution in [3.63, 3.8) is 0 Å². The van der Waals surface area contributed by atoms with Crippen molar-refractivity contribution >= 4 is 10.8 Å². The number of benzene rings is 4.